The van der Waals surface area contributed by atoms with Crippen LogP contribution in [-0.2, 0) is 4.79 Å². The van der Waals surface area contributed by atoms with Gasteiger partial charge in [-0.1, -0.05) is 50.5 Å². The molecule has 1 amide bonds. The van der Waals surface area contributed by atoms with E-state index in [1.165, 1.54) is 11.1 Å². The van der Waals surface area contributed by atoms with Crippen LogP contribution in [0.4, 0.5) is 0 Å². The van der Waals surface area contributed by atoms with Gasteiger partial charge in [-0.2, -0.15) is 0 Å². The molecule has 1 aliphatic carbocycles. The van der Waals surface area contributed by atoms with Gasteiger partial charge in [-0.05, 0) is 74.6 Å². The van der Waals surface area contributed by atoms with E-state index in [2.05, 4.69) is 46.9 Å². The number of carbonyl (C=O) groups excluding carboxylic acids is 1. The van der Waals surface area contributed by atoms with Gasteiger partial charge in [0.05, 0.1) is 6.61 Å². The van der Waals surface area contributed by atoms with Crippen LogP contribution < -0.4 is 10.1 Å². The predicted molar refractivity (Wildman–Crippen MR) is 118 cm³/mol. The zero-order valence-electron chi connectivity index (χ0n) is 18.5. The van der Waals surface area contributed by atoms with Crippen LogP contribution in [0.15, 0.2) is 41.5 Å². The lowest BCUT2D eigenvalue weighted by Crippen LogP contribution is -2.22. The van der Waals surface area contributed by atoms with Gasteiger partial charge in [0.25, 0.3) is 0 Å². The van der Waals surface area contributed by atoms with Gasteiger partial charge < -0.3 is 10.1 Å². The second-order valence-corrected chi connectivity index (χ2v) is 8.77. The number of amides is 1. The number of hydrogen-bond acceptors (Lipinski definition) is 2. The summed E-state index contributed by atoms with van der Waals surface area (Å²) >= 11 is 0. The quantitative estimate of drug-likeness (QED) is 0.305. The van der Waals surface area contributed by atoms with Crippen molar-refractivity contribution in [2.75, 3.05) is 13.2 Å². The molecule has 1 unspecified atom stereocenters. The average molecular weight is 384 g/mol. The third kappa shape index (κ3) is 5.98. The molecule has 1 aromatic carbocycles. The van der Waals surface area contributed by atoms with E-state index in [-0.39, 0.29) is 5.91 Å². The first-order valence-corrected chi connectivity index (χ1v) is 10.6. The molecule has 1 N–H and O–H groups in total. The summed E-state index contributed by atoms with van der Waals surface area (Å²) in [6.07, 6.45) is 6.69. The lowest BCUT2D eigenvalue weighted by Gasteiger charge is -2.05. The molecule has 1 aliphatic rings. The van der Waals surface area contributed by atoms with Crippen molar-refractivity contribution in [2.24, 2.45) is 17.3 Å². The Bertz CT molecular complexity index is 709. The number of benzene rings is 1. The first-order valence-electron chi connectivity index (χ1n) is 10.6. The molecule has 0 aromatic heterocycles. The third-order valence-electron chi connectivity index (χ3n) is 6.13. The minimum atomic E-state index is -0.0304. The van der Waals surface area contributed by atoms with Crippen molar-refractivity contribution >= 4 is 12.0 Å². The molecule has 0 radical (unpaired) electrons. The van der Waals surface area contributed by atoms with Crippen LogP contribution in [0.3, 0.4) is 0 Å². The third-order valence-corrected chi connectivity index (χ3v) is 6.13. The first-order chi connectivity index (χ1) is 13.3. The van der Waals surface area contributed by atoms with Crippen LogP contribution in [0.25, 0.3) is 6.08 Å². The van der Waals surface area contributed by atoms with Gasteiger partial charge in [-0.25, -0.2) is 0 Å². The van der Waals surface area contributed by atoms with E-state index < -0.39 is 0 Å². The van der Waals surface area contributed by atoms with Crippen molar-refractivity contribution in [2.45, 2.75) is 60.8 Å². The van der Waals surface area contributed by atoms with Crippen molar-refractivity contribution in [3.63, 3.8) is 0 Å². The van der Waals surface area contributed by atoms with Gasteiger partial charge in [-0.3, -0.25) is 4.79 Å². The topological polar surface area (TPSA) is 38.3 Å². The molecule has 3 heteroatoms. The van der Waals surface area contributed by atoms with E-state index >= 15 is 0 Å². The lowest BCUT2D eigenvalue weighted by atomic mass is 10.0. The van der Waals surface area contributed by atoms with Crippen LogP contribution in [0, 0.1) is 17.3 Å². The van der Waals surface area contributed by atoms with Crippen LogP contribution in [0.2, 0.25) is 0 Å². The maximum atomic E-state index is 12.1. The van der Waals surface area contributed by atoms with E-state index in [0.29, 0.717) is 17.3 Å². The zero-order chi connectivity index (χ0) is 20.7. The Morgan fingerprint density at radius 3 is 2.46 bits per heavy atom. The SMILES string of the molecule is CCCCOc1ccc(/C=C/C(=O)NCC[C@@H]2C(C(C)=C(C)C)C2(C)C)cc1. The van der Waals surface area contributed by atoms with Crippen LogP contribution in [0.5, 0.6) is 5.75 Å². The van der Waals surface area contributed by atoms with E-state index in [9.17, 15) is 4.79 Å². The summed E-state index contributed by atoms with van der Waals surface area (Å²) in [7, 11) is 0. The summed E-state index contributed by atoms with van der Waals surface area (Å²) in [5.41, 5.74) is 4.29. The summed E-state index contributed by atoms with van der Waals surface area (Å²) in [6.45, 7) is 14.9. The highest BCUT2D eigenvalue weighted by Gasteiger charge is 2.57. The van der Waals surface area contributed by atoms with E-state index in [1.807, 2.05) is 30.3 Å². The second-order valence-electron chi connectivity index (χ2n) is 8.77. The summed E-state index contributed by atoms with van der Waals surface area (Å²) in [6, 6.07) is 7.86. The Balaban J connectivity index is 1.75. The smallest absolute Gasteiger partial charge is 0.243 e. The van der Waals surface area contributed by atoms with Crippen molar-refractivity contribution in [3.8, 4) is 5.75 Å². The van der Waals surface area contributed by atoms with E-state index in [0.717, 1.165) is 43.7 Å². The van der Waals surface area contributed by atoms with Crippen molar-refractivity contribution < 1.29 is 9.53 Å². The zero-order valence-corrected chi connectivity index (χ0v) is 18.5. The molecule has 3 nitrogen and oxygen atoms in total. The Morgan fingerprint density at radius 2 is 1.86 bits per heavy atom. The van der Waals surface area contributed by atoms with E-state index in [4.69, 9.17) is 4.74 Å². The summed E-state index contributed by atoms with van der Waals surface area (Å²) in [4.78, 5) is 12.1. The standard InChI is InChI=1S/C25H37NO2/c1-7-8-17-28-21-12-9-20(10-13-21)11-14-23(27)26-16-15-22-24(25(22,5)6)19(4)18(2)3/h9-14,22,24H,7-8,15-17H2,1-6H3,(H,26,27)/b14-11+/t22-,24?/m1/s1. The molecule has 0 heterocycles. The highest BCUT2D eigenvalue weighted by Crippen LogP contribution is 2.63. The molecule has 28 heavy (non-hydrogen) atoms. The number of carbonyl (C=O) groups is 1. The molecule has 2 atom stereocenters. The van der Waals surface area contributed by atoms with Crippen molar-refractivity contribution in [1.29, 1.82) is 0 Å². The van der Waals surface area contributed by atoms with Gasteiger partial charge in [0.15, 0.2) is 0 Å². The molecular weight excluding hydrogens is 346 g/mol. The van der Waals surface area contributed by atoms with Crippen molar-refractivity contribution in [1.82, 2.24) is 5.32 Å². The average Bonchev–Trinajstić information content (AvgIpc) is 3.20. The predicted octanol–water partition coefficient (Wildman–Crippen LogP) is 6.01. The Morgan fingerprint density at radius 1 is 1.18 bits per heavy atom. The number of rotatable bonds is 10. The number of allylic oxidation sites excluding steroid dienone is 2. The normalized spacial score (nSPS) is 20.1. The van der Waals surface area contributed by atoms with Crippen LogP contribution >= 0.6 is 0 Å². The molecule has 1 aromatic rings. The molecule has 0 aliphatic heterocycles. The van der Waals surface area contributed by atoms with Crippen molar-refractivity contribution in [3.05, 3.63) is 47.1 Å². The number of ether oxygens (including phenoxy) is 1. The largest absolute Gasteiger partial charge is 0.494 e. The number of hydrogen-bond donors (Lipinski definition) is 1. The minimum absolute atomic E-state index is 0.0304. The first kappa shape index (κ1) is 22.3. The van der Waals surface area contributed by atoms with E-state index in [1.54, 1.807) is 6.08 Å². The lowest BCUT2D eigenvalue weighted by molar-refractivity contribution is -0.116. The molecule has 0 spiro atoms. The van der Waals surface area contributed by atoms with Crippen LogP contribution in [-0.4, -0.2) is 19.1 Å². The van der Waals surface area contributed by atoms with Crippen LogP contribution in [0.1, 0.15) is 66.4 Å². The number of nitrogens with one attached hydrogen (secondary N) is 1. The number of unbranched alkanes of at least 4 members (excludes halogenated alkanes) is 1. The van der Waals surface area contributed by atoms with Gasteiger partial charge in [0.1, 0.15) is 5.75 Å². The van der Waals surface area contributed by atoms with Gasteiger partial charge in [0.2, 0.25) is 5.91 Å². The fourth-order valence-corrected chi connectivity index (χ4v) is 4.04. The molecule has 0 bridgehead atoms. The Hall–Kier alpha value is -2.03. The fraction of sp³-hybridized carbons (Fsp3) is 0.560. The molecule has 2 rings (SSSR count). The highest BCUT2D eigenvalue weighted by atomic mass is 16.5. The fourth-order valence-electron chi connectivity index (χ4n) is 4.04. The van der Waals surface area contributed by atoms with Gasteiger partial charge in [-0.15, -0.1) is 0 Å². The van der Waals surface area contributed by atoms with Gasteiger partial charge >= 0.3 is 0 Å². The highest BCUT2D eigenvalue weighted by molar-refractivity contribution is 5.91. The van der Waals surface area contributed by atoms with Gasteiger partial charge in [0, 0.05) is 12.6 Å². The summed E-state index contributed by atoms with van der Waals surface area (Å²) in [5, 5.41) is 3.03. The molecule has 0 saturated heterocycles. The maximum absolute atomic E-state index is 12.1. The second kappa shape index (κ2) is 9.95. The molecule has 1 fully saturated rings. The Kier molecular flexibility index (Phi) is 7.91. The maximum Gasteiger partial charge on any atom is 0.243 e. The Labute approximate surface area is 171 Å². The molecular formula is C25H37NO2. The minimum Gasteiger partial charge on any atom is -0.494 e. The summed E-state index contributed by atoms with van der Waals surface area (Å²) in [5.74, 6) is 2.16. The monoisotopic (exact) mass is 383 g/mol. The molecule has 154 valence electrons. The summed E-state index contributed by atoms with van der Waals surface area (Å²) < 4.78 is 5.66. The molecule has 1 saturated carbocycles.